The Morgan fingerprint density at radius 2 is 1.80 bits per heavy atom. The van der Waals surface area contributed by atoms with E-state index in [2.05, 4.69) is 10.1 Å². The third-order valence-electron chi connectivity index (χ3n) is 3.47. The standard InChI is InChI=1S/C17H23F2NO5/c1-4-24-15(22)17(18,19)14(21)13(11(2)3)20-16(23)25-10-12-8-6-5-7-9-12/h5-9,11,13-14,21H,4,10H2,1-3H3,(H,20,23)/t13-,14+/m1/s1. The van der Waals surface area contributed by atoms with Gasteiger partial charge in [-0.1, -0.05) is 44.2 Å². The molecule has 8 heteroatoms. The van der Waals surface area contributed by atoms with Crippen molar-refractivity contribution in [3.8, 4) is 0 Å². The molecule has 1 rings (SSSR count). The first-order valence-corrected chi connectivity index (χ1v) is 7.90. The van der Waals surface area contributed by atoms with E-state index in [0.29, 0.717) is 0 Å². The molecule has 25 heavy (non-hydrogen) atoms. The van der Waals surface area contributed by atoms with Gasteiger partial charge in [0, 0.05) is 0 Å². The van der Waals surface area contributed by atoms with Gasteiger partial charge in [0.2, 0.25) is 0 Å². The summed E-state index contributed by atoms with van der Waals surface area (Å²) < 4.78 is 37.2. The predicted octanol–water partition coefficient (Wildman–Crippen LogP) is 2.50. The monoisotopic (exact) mass is 359 g/mol. The van der Waals surface area contributed by atoms with E-state index in [1.54, 1.807) is 30.3 Å². The van der Waals surface area contributed by atoms with Crippen molar-refractivity contribution in [1.82, 2.24) is 5.32 Å². The molecule has 0 saturated carbocycles. The highest BCUT2D eigenvalue weighted by Gasteiger charge is 2.52. The van der Waals surface area contributed by atoms with Crippen LogP contribution in [-0.2, 0) is 20.9 Å². The number of benzene rings is 1. The second-order valence-corrected chi connectivity index (χ2v) is 5.76. The zero-order valence-electron chi connectivity index (χ0n) is 14.4. The number of halogens is 2. The molecule has 140 valence electrons. The van der Waals surface area contributed by atoms with E-state index in [9.17, 15) is 23.5 Å². The molecule has 0 heterocycles. The summed E-state index contributed by atoms with van der Waals surface area (Å²) in [6, 6.07) is 7.39. The molecule has 2 N–H and O–H groups in total. The van der Waals surface area contributed by atoms with Crippen molar-refractivity contribution in [3.63, 3.8) is 0 Å². The van der Waals surface area contributed by atoms with Crippen LogP contribution in [0.2, 0.25) is 0 Å². The Bertz CT molecular complexity index is 565. The van der Waals surface area contributed by atoms with Crippen LogP contribution in [-0.4, -0.2) is 41.8 Å². The number of carbonyl (C=O) groups is 2. The molecule has 0 radical (unpaired) electrons. The highest BCUT2D eigenvalue weighted by molar-refractivity contribution is 5.78. The normalized spacial score (nSPS) is 13.9. The quantitative estimate of drug-likeness (QED) is 0.697. The van der Waals surface area contributed by atoms with Crippen LogP contribution in [0.4, 0.5) is 13.6 Å². The number of nitrogens with one attached hydrogen (secondary N) is 1. The third kappa shape index (κ3) is 5.97. The van der Waals surface area contributed by atoms with E-state index in [0.717, 1.165) is 5.56 Å². The number of esters is 1. The van der Waals surface area contributed by atoms with Crippen molar-refractivity contribution in [2.24, 2.45) is 5.92 Å². The van der Waals surface area contributed by atoms with E-state index in [-0.39, 0.29) is 13.2 Å². The third-order valence-corrected chi connectivity index (χ3v) is 3.47. The predicted molar refractivity (Wildman–Crippen MR) is 86.0 cm³/mol. The van der Waals surface area contributed by atoms with Gasteiger partial charge in [0.05, 0.1) is 12.6 Å². The van der Waals surface area contributed by atoms with Crippen molar-refractivity contribution in [2.75, 3.05) is 6.61 Å². The number of rotatable bonds is 8. The first-order chi connectivity index (χ1) is 11.7. The molecule has 0 aliphatic rings. The number of hydrogen-bond acceptors (Lipinski definition) is 5. The molecule has 0 bridgehead atoms. The molecule has 6 nitrogen and oxygen atoms in total. The minimum Gasteiger partial charge on any atom is -0.461 e. The Morgan fingerprint density at radius 1 is 1.20 bits per heavy atom. The summed E-state index contributed by atoms with van der Waals surface area (Å²) in [6.45, 7) is 4.11. The molecule has 0 aromatic heterocycles. The van der Waals surface area contributed by atoms with Crippen molar-refractivity contribution in [3.05, 3.63) is 35.9 Å². The fourth-order valence-corrected chi connectivity index (χ4v) is 2.08. The topological polar surface area (TPSA) is 84.9 Å². The van der Waals surface area contributed by atoms with Crippen LogP contribution >= 0.6 is 0 Å². The van der Waals surface area contributed by atoms with Crippen LogP contribution in [0.25, 0.3) is 0 Å². The average molecular weight is 359 g/mol. The van der Waals surface area contributed by atoms with Gasteiger partial charge in [-0.3, -0.25) is 0 Å². The second-order valence-electron chi connectivity index (χ2n) is 5.76. The van der Waals surface area contributed by atoms with Gasteiger partial charge in [-0.15, -0.1) is 0 Å². The van der Waals surface area contributed by atoms with Crippen LogP contribution in [0, 0.1) is 5.92 Å². The Labute approximate surface area is 145 Å². The van der Waals surface area contributed by atoms with Gasteiger partial charge >= 0.3 is 18.0 Å². The first-order valence-electron chi connectivity index (χ1n) is 7.90. The van der Waals surface area contributed by atoms with Crippen molar-refractivity contribution in [1.29, 1.82) is 0 Å². The lowest BCUT2D eigenvalue weighted by molar-refractivity contribution is -0.192. The molecule has 0 fully saturated rings. The number of ether oxygens (including phenoxy) is 2. The summed E-state index contributed by atoms with van der Waals surface area (Å²) in [7, 11) is 0. The zero-order chi connectivity index (χ0) is 19.0. The lowest BCUT2D eigenvalue weighted by Crippen LogP contribution is -2.57. The highest BCUT2D eigenvalue weighted by Crippen LogP contribution is 2.26. The molecule has 0 aliphatic carbocycles. The Morgan fingerprint density at radius 3 is 2.32 bits per heavy atom. The van der Waals surface area contributed by atoms with Crippen molar-refractivity contribution in [2.45, 2.75) is 45.4 Å². The second kappa shape index (κ2) is 9.31. The van der Waals surface area contributed by atoms with Crippen LogP contribution in [0.5, 0.6) is 0 Å². The van der Waals surface area contributed by atoms with Gasteiger partial charge in [0.25, 0.3) is 0 Å². The van der Waals surface area contributed by atoms with Crippen molar-refractivity contribution < 1.29 is 33.0 Å². The van der Waals surface area contributed by atoms with Gasteiger partial charge < -0.3 is 19.9 Å². The Hall–Kier alpha value is -2.22. The van der Waals surface area contributed by atoms with E-state index >= 15 is 0 Å². The summed E-state index contributed by atoms with van der Waals surface area (Å²) in [5.41, 5.74) is 0.719. The SMILES string of the molecule is CCOC(=O)C(F)(F)[C@@H](O)[C@H](NC(=O)OCc1ccccc1)C(C)C. The zero-order valence-corrected chi connectivity index (χ0v) is 14.4. The Kier molecular flexibility index (Phi) is 7.76. The maximum Gasteiger partial charge on any atom is 0.407 e. The van der Waals surface area contributed by atoms with Gasteiger partial charge in [0.15, 0.2) is 0 Å². The van der Waals surface area contributed by atoms with Crippen molar-refractivity contribution >= 4 is 12.1 Å². The number of alkyl halides is 2. The van der Waals surface area contributed by atoms with Crippen LogP contribution < -0.4 is 5.32 Å². The van der Waals surface area contributed by atoms with E-state index in [4.69, 9.17) is 4.74 Å². The molecule has 1 amide bonds. The number of hydrogen-bond donors (Lipinski definition) is 2. The minimum atomic E-state index is -4.16. The van der Waals surface area contributed by atoms with E-state index < -0.39 is 36.0 Å². The van der Waals surface area contributed by atoms with Gasteiger partial charge in [-0.25, -0.2) is 9.59 Å². The summed E-state index contributed by atoms with van der Waals surface area (Å²) in [5.74, 6) is -6.58. The average Bonchev–Trinajstić information content (AvgIpc) is 2.58. The molecule has 0 unspecified atom stereocenters. The maximum absolute atomic E-state index is 14.0. The highest BCUT2D eigenvalue weighted by atomic mass is 19.3. The molecule has 1 aromatic rings. The molecule has 0 aliphatic heterocycles. The van der Waals surface area contributed by atoms with Gasteiger partial charge in [-0.05, 0) is 18.4 Å². The minimum absolute atomic E-state index is 0.0537. The molecule has 0 spiro atoms. The maximum atomic E-state index is 14.0. The molecular weight excluding hydrogens is 336 g/mol. The summed E-state index contributed by atoms with van der Waals surface area (Å²) in [5, 5.41) is 12.1. The van der Waals surface area contributed by atoms with Crippen LogP contribution in [0.15, 0.2) is 30.3 Å². The fourth-order valence-electron chi connectivity index (χ4n) is 2.08. The smallest absolute Gasteiger partial charge is 0.407 e. The Balaban J connectivity index is 2.72. The number of carbonyl (C=O) groups excluding carboxylic acids is 2. The summed E-state index contributed by atoms with van der Waals surface area (Å²) in [4.78, 5) is 23.2. The van der Waals surface area contributed by atoms with Gasteiger partial charge in [-0.2, -0.15) is 8.78 Å². The lowest BCUT2D eigenvalue weighted by atomic mass is 9.94. The molecule has 2 atom stereocenters. The number of aliphatic hydroxyl groups is 1. The summed E-state index contributed by atoms with van der Waals surface area (Å²) >= 11 is 0. The van der Waals surface area contributed by atoms with Crippen LogP contribution in [0.1, 0.15) is 26.3 Å². The number of aliphatic hydroxyl groups excluding tert-OH is 1. The van der Waals surface area contributed by atoms with E-state index in [1.807, 2.05) is 0 Å². The van der Waals surface area contributed by atoms with Gasteiger partial charge in [0.1, 0.15) is 12.7 Å². The number of amides is 1. The largest absolute Gasteiger partial charge is 0.461 e. The lowest BCUT2D eigenvalue weighted by Gasteiger charge is -2.31. The van der Waals surface area contributed by atoms with E-state index in [1.165, 1.54) is 20.8 Å². The molecule has 0 saturated heterocycles. The first kappa shape index (κ1) is 20.8. The summed E-state index contributed by atoms with van der Waals surface area (Å²) in [6.07, 6.45) is -3.42. The van der Waals surface area contributed by atoms with Crippen LogP contribution in [0.3, 0.4) is 0 Å². The molecular formula is C17H23F2NO5. The number of alkyl carbamates (subject to hydrolysis) is 1. The molecule has 1 aromatic carbocycles. The fraction of sp³-hybridized carbons (Fsp3) is 0.529.